The van der Waals surface area contributed by atoms with Crippen molar-refractivity contribution in [1.29, 1.82) is 0 Å². The number of nitrogens with zero attached hydrogens (tertiary/aromatic N) is 3. The molecule has 0 aliphatic rings. The van der Waals surface area contributed by atoms with Crippen LogP contribution in [-0.2, 0) is 7.05 Å². The lowest BCUT2D eigenvalue weighted by Gasteiger charge is -2.04. The van der Waals surface area contributed by atoms with E-state index < -0.39 is 0 Å². The van der Waals surface area contributed by atoms with Gasteiger partial charge in [0.05, 0.1) is 0 Å². The molecule has 1 aromatic heterocycles. The van der Waals surface area contributed by atoms with Crippen LogP contribution in [0.4, 0.5) is 0 Å². The molecule has 0 spiro atoms. The van der Waals surface area contributed by atoms with E-state index in [4.69, 9.17) is 0 Å². The number of ketones is 1. The molecule has 0 N–H and O–H groups in total. The average Bonchev–Trinajstić information content (AvgIpc) is 2.65. The number of aromatic nitrogens is 3. The van der Waals surface area contributed by atoms with Crippen LogP contribution in [-0.4, -0.2) is 20.5 Å². The maximum Gasteiger partial charge on any atom is 0.195 e. The van der Waals surface area contributed by atoms with Crippen LogP contribution in [0, 0.1) is 0 Å². The van der Waals surface area contributed by atoms with E-state index in [1.165, 1.54) is 11.8 Å². The van der Waals surface area contributed by atoms with Crippen LogP contribution in [0.25, 0.3) is 0 Å². The molecule has 82 valence electrons. The highest BCUT2D eigenvalue weighted by molar-refractivity contribution is 7.99. The highest BCUT2D eigenvalue weighted by Crippen LogP contribution is 2.28. The molecule has 4 nitrogen and oxygen atoms in total. The highest BCUT2D eigenvalue weighted by atomic mass is 32.2. The lowest BCUT2D eigenvalue weighted by Crippen LogP contribution is -1.96. The third kappa shape index (κ3) is 2.14. The van der Waals surface area contributed by atoms with E-state index in [0.717, 1.165) is 15.6 Å². The highest BCUT2D eigenvalue weighted by Gasteiger charge is 2.10. The third-order valence-electron chi connectivity index (χ3n) is 2.14. The number of carbonyl (C=O) groups excluding carboxylic acids is 1. The molecule has 0 radical (unpaired) electrons. The van der Waals surface area contributed by atoms with Crippen LogP contribution in [0.5, 0.6) is 0 Å². The number of aryl methyl sites for hydroxylation is 1. The predicted octanol–water partition coefficient (Wildman–Crippen LogP) is 2.17. The summed E-state index contributed by atoms with van der Waals surface area (Å²) in [4.78, 5) is 12.3. The average molecular weight is 233 g/mol. The SMILES string of the molecule is CC(=O)c1ccccc1Sc1nncn1C. The van der Waals surface area contributed by atoms with Crippen molar-refractivity contribution in [3.8, 4) is 0 Å². The van der Waals surface area contributed by atoms with Crippen molar-refractivity contribution >= 4 is 17.5 Å². The van der Waals surface area contributed by atoms with E-state index >= 15 is 0 Å². The van der Waals surface area contributed by atoms with E-state index in [2.05, 4.69) is 10.2 Å². The fourth-order valence-corrected chi connectivity index (χ4v) is 2.25. The molecule has 1 heterocycles. The number of rotatable bonds is 3. The lowest BCUT2D eigenvalue weighted by atomic mass is 10.1. The fourth-order valence-electron chi connectivity index (χ4n) is 1.31. The van der Waals surface area contributed by atoms with Gasteiger partial charge in [0, 0.05) is 17.5 Å². The van der Waals surface area contributed by atoms with E-state index in [0.29, 0.717) is 0 Å². The third-order valence-corrected chi connectivity index (χ3v) is 3.27. The Balaban J connectivity index is 2.35. The minimum Gasteiger partial charge on any atom is -0.311 e. The molecule has 0 saturated heterocycles. The fraction of sp³-hybridized carbons (Fsp3) is 0.182. The van der Waals surface area contributed by atoms with Gasteiger partial charge >= 0.3 is 0 Å². The minimum absolute atomic E-state index is 0.0604. The Labute approximate surface area is 97.7 Å². The van der Waals surface area contributed by atoms with Gasteiger partial charge in [-0.1, -0.05) is 18.2 Å². The van der Waals surface area contributed by atoms with Crippen molar-refractivity contribution in [3.05, 3.63) is 36.2 Å². The number of hydrogen-bond acceptors (Lipinski definition) is 4. The quantitative estimate of drug-likeness (QED) is 0.762. The van der Waals surface area contributed by atoms with Crippen molar-refractivity contribution in [2.75, 3.05) is 0 Å². The van der Waals surface area contributed by atoms with Gasteiger partial charge in [0.2, 0.25) is 0 Å². The number of benzene rings is 1. The first-order chi connectivity index (χ1) is 7.68. The largest absolute Gasteiger partial charge is 0.311 e. The standard InChI is InChI=1S/C11H11N3OS/c1-8(15)9-5-3-4-6-10(9)16-11-13-12-7-14(11)2/h3-7H,1-2H3. The molecule has 16 heavy (non-hydrogen) atoms. The Bertz CT molecular complexity index is 521. The van der Waals surface area contributed by atoms with Gasteiger partial charge in [0.15, 0.2) is 10.9 Å². The van der Waals surface area contributed by atoms with E-state index in [1.54, 1.807) is 13.3 Å². The molecule has 2 rings (SSSR count). The Morgan fingerprint density at radius 3 is 2.75 bits per heavy atom. The summed E-state index contributed by atoms with van der Waals surface area (Å²) in [5.74, 6) is 0.0604. The van der Waals surface area contributed by atoms with Crippen molar-refractivity contribution < 1.29 is 4.79 Å². The molecule has 0 atom stereocenters. The first-order valence-corrected chi connectivity index (χ1v) is 5.62. The number of Topliss-reactive ketones (excluding diaryl/α,β-unsaturated/α-hetero) is 1. The second-order valence-electron chi connectivity index (χ2n) is 3.38. The van der Waals surface area contributed by atoms with Gasteiger partial charge in [0.25, 0.3) is 0 Å². The molecular weight excluding hydrogens is 222 g/mol. The van der Waals surface area contributed by atoms with Gasteiger partial charge in [-0.3, -0.25) is 4.79 Å². The summed E-state index contributed by atoms with van der Waals surface area (Å²) in [5, 5.41) is 8.55. The van der Waals surface area contributed by atoms with Crippen molar-refractivity contribution in [2.24, 2.45) is 7.05 Å². The molecule has 0 unspecified atom stereocenters. The summed E-state index contributed by atoms with van der Waals surface area (Å²) < 4.78 is 1.82. The van der Waals surface area contributed by atoms with Crippen LogP contribution < -0.4 is 0 Å². The zero-order valence-electron chi connectivity index (χ0n) is 9.04. The summed E-state index contributed by atoms with van der Waals surface area (Å²) in [7, 11) is 1.87. The van der Waals surface area contributed by atoms with E-state index in [-0.39, 0.29) is 5.78 Å². The van der Waals surface area contributed by atoms with Crippen LogP contribution in [0.15, 0.2) is 40.6 Å². The summed E-state index contributed by atoms with van der Waals surface area (Å²) >= 11 is 1.44. The molecule has 0 aliphatic heterocycles. The Hall–Kier alpha value is -1.62. The van der Waals surface area contributed by atoms with Crippen molar-refractivity contribution in [2.45, 2.75) is 17.0 Å². The van der Waals surface area contributed by atoms with Gasteiger partial charge in [-0.05, 0) is 24.8 Å². The smallest absolute Gasteiger partial charge is 0.195 e. The van der Waals surface area contributed by atoms with Gasteiger partial charge in [-0.25, -0.2) is 0 Å². The summed E-state index contributed by atoms with van der Waals surface area (Å²) in [6.45, 7) is 1.57. The first kappa shape index (κ1) is 10.9. The zero-order valence-corrected chi connectivity index (χ0v) is 9.86. The summed E-state index contributed by atoms with van der Waals surface area (Å²) in [6.07, 6.45) is 1.64. The van der Waals surface area contributed by atoms with E-state index in [9.17, 15) is 4.79 Å². The molecule has 0 aliphatic carbocycles. The molecule has 0 bridgehead atoms. The molecular formula is C11H11N3OS. The van der Waals surface area contributed by atoms with Gasteiger partial charge in [-0.2, -0.15) is 0 Å². The Morgan fingerprint density at radius 1 is 1.38 bits per heavy atom. The maximum absolute atomic E-state index is 11.4. The normalized spacial score (nSPS) is 10.4. The van der Waals surface area contributed by atoms with Crippen LogP contribution in [0.2, 0.25) is 0 Å². The van der Waals surface area contributed by atoms with Gasteiger partial charge < -0.3 is 4.57 Å². The first-order valence-electron chi connectivity index (χ1n) is 4.80. The van der Waals surface area contributed by atoms with Crippen LogP contribution >= 0.6 is 11.8 Å². The molecule has 0 saturated carbocycles. The molecule has 5 heteroatoms. The number of carbonyl (C=O) groups is 1. The second-order valence-corrected chi connectivity index (χ2v) is 4.39. The minimum atomic E-state index is 0.0604. The van der Waals surface area contributed by atoms with Crippen molar-refractivity contribution in [1.82, 2.24) is 14.8 Å². The van der Waals surface area contributed by atoms with Crippen molar-refractivity contribution in [3.63, 3.8) is 0 Å². The summed E-state index contributed by atoms with van der Waals surface area (Å²) in [5.41, 5.74) is 0.718. The topological polar surface area (TPSA) is 47.8 Å². The Morgan fingerprint density at radius 2 is 2.12 bits per heavy atom. The number of hydrogen-bond donors (Lipinski definition) is 0. The van der Waals surface area contributed by atoms with Gasteiger partial charge in [-0.15, -0.1) is 10.2 Å². The summed E-state index contributed by atoms with van der Waals surface area (Å²) in [6, 6.07) is 7.50. The molecule has 0 amide bonds. The molecule has 1 aromatic carbocycles. The monoisotopic (exact) mass is 233 g/mol. The van der Waals surface area contributed by atoms with Gasteiger partial charge in [0.1, 0.15) is 6.33 Å². The molecule has 0 fully saturated rings. The van der Waals surface area contributed by atoms with Crippen LogP contribution in [0.3, 0.4) is 0 Å². The maximum atomic E-state index is 11.4. The lowest BCUT2D eigenvalue weighted by molar-refractivity contribution is 0.101. The second kappa shape index (κ2) is 4.49. The zero-order chi connectivity index (χ0) is 11.5. The Kier molecular flexibility index (Phi) is 3.05. The molecule has 2 aromatic rings. The van der Waals surface area contributed by atoms with Crippen LogP contribution in [0.1, 0.15) is 17.3 Å². The van der Waals surface area contributed by atoms with E-state index in [1.807, 2.05) is 35.9 Å². The predicted molar refractivity (Wildman–Crippen MR) is 61.6 cm³/mol.